The Morgan fingerprint density at radius 1 is 1.27 bits per heavy atom. The Hall–Kier alpha value is -1.37. The highest BCUT2D eigenvalue weighted by Gasteiger charge is 2.25. The number of rotatable bonds is 4. The van der Waals surface area contributed by atoms with E-state index in [4.69, 9.17) is 0 Å². The number of halogens is 3. The van der Waals surface area contributed by atoms with Crippen LogP contribution in [0, 0.1) is 17.5 Å². The largest absolute Gasteiger partial charge is 0.394 e. The van der Waals surface area contributed by atoms with Gasteiger partial charge in [-0.05, 0) is 54.0 Å². The minimum atomic E-state index is -1.49. The third-order valence-electron chi connectivity index (χ3n) is 4.05. The summed E-state index contributed by atoms with van der Waals surface area (Å²) in [6, 6.07) is 3.30. The molecule has 0 spiro atoms. The van der Waals surface area contributed by atoms with E-state index in [0.717, 1.165) is 31.4 Å². The molecule has 1 aliphatic rings. The van der Waals surface area contributed by atoms with Crippen LogP contribution in [0.2, 0.25) is 0 Å². The van der Waals surface area contributed by atoms with Gasteiger partial charge in [0, 0.05) is 10.9 Å². The highest BCUT2D eigenvalue weighted by molar-refractivity contribution is 7.10. The molecule has 1 aliphatic carbocycles. The summed E-state index contributed by atoms with van der Waals surface area (Å²) in [4.78, 5) is 1.30. The first-order valence-corrected chi connectivity index (χ1v) is 8.05. The van der Waals surface area contributed by atoms with Gasteiger partial charge in [0.1, 0.15) is 0 Å². The van der Waals surface area contributed by atoms with E-state index in [1.807, 2.05) is 11.4 Å². The van der Waals surface area contributed by atoms with Gasteiger partial charge < -0.3 is 10.4 Å². The predicted octanol–water partition coefficient (Wildman–Crippen LogP) is 3.87. The standard InChI is InChI=1S/C16H16F3NOS/c17-11-6-9(7-12(18)16(11)19)14(8-21)20-13-2-1-3-15-10(13)4-5-22-15/h4-7,13-14,20-21H,1-3,8H2. The smallest absolute Gasteiger partial charge is 0.194 e. The Labute approximate surface area is 130 Å². The molecule has 0 bridgehead atoms. The van der Waals surface area contributed by atoms with Gasteiger partial charge in [-0.1, -0.05) is 0 Å². The highest BCUT2D eigenvalue weighted by atomic mass is 32.1. The Bertz CT molecular complexity index is 650. The molecule has 2 atom stereocenters. The number of hydrogen-bond acceptors (Lipinski definition) is 3. The van der Waals surface area contributed by atoms with Crippen LogP contribution in [-0.2, 0) is 6.42 Å². The van der Waals surface area contributed by atoms with E-state index in [-0.39, 0.29) is 18.2 Å². The number of nitrogens with one attached hydrogen (secondary N) is 1. The zero-order valence-corrected chi connectivity index (χ0v) is 12.6. The van der Waals surface area contributed by atoms with E-state index in [0.29, 0.717) is 0 Å². The molecule has 1 heterocycles. The molecule has 2 nitrogen and oxygen atoms in total. The van der Waals surface area contributed by atoms with Crippen LogP contribution in [0.5, 0.6) is 0 Å². The number of thiophene rings is 1. The zero-order chi connectivity index (χ0) is 15.7. The molecule has 118 valence electrons. The van der Waals surface area contributed by atoms with Gasteiger partial charge in [0.2, 0.25) is 0 Å². The lowest BCUT2D eigenvalue weighted by molar-refractivity contribution is 0.227. The van der Waals surface area contributed by atoms with Crippen molar-refractivity contribution in [1.29, 1.82) is 0 Å². The van der Waals surface area contributed by atoms with Gasteiger partial charge in [-0.15, -0.1) is 11.3 Å². The Morgan fingerprint density at radius 2 is 2.00 bits per heavy atom. The van der Waals surface area contributed by atoms with Crippen LogP contribution in [0.4, 0.5) is 13.2 Å². The molecule has 2 unspecified atom stereocenters. The minimum Gasteiger partial charge on any atom is -0.394 e. The number of hydrogen-bond donors (Lipinski definition) is 2. The number of aliphatic hydroxyl groups is 1. The summed E-state index contributed by atoms with van der Waals surface area (Å²) in [6.45, 7) is -0.319. The summed E-state index contributed by atoms with van der Waals surface area (Å²) in [5, 5.41) is 14.8. The van der Waals surface area contributed by atoms with E-state index in [1.54, 1.807) is 11.3 Å². The first kappa shape index (κ1) is 15.5. The molecule has 0 aliphatic heterocycles. The summed E-state index contributed by atoms with van der Waals surface area (Å²) in [5.74, 6) is -3.97. The maximum atomic E-state index is 13.4. The second kappa shape index (κ2) is 6.40. The highest BCUT2D eigenvalue weighted by Crippen LogP contribution is 2.35. The molecule has 0 saturated heterocycles. The van der Waals surface area contributed by atoms with E-state index in [2.05, 4.69) is 5.32 Å². The van der Waals surface area contributed by atoms with Gasteiger partial charge in [-0.3, -0.25) is 0 Å². The van der Waals surface area contributed by atoms with E-state index in [9.17, 15) is 18.3 Å². The van der Waals surface area contributed by atoms with Crippen LogP contribution in [0.1, 0.15) is 40.9 Å². The van der Waals surface area contributed by atoms with Crippen molar-refractivity contribution in [1.82, 2.24) is 5.32 Å². The van der Waals surface area contributed by atoms with Crippen molar-refractivity contribution in [3.8, 4) is 0 Å². The molecular weight excluding hydrogens is 311 g/mol. The second-order valence-electron chi connectivity index (χ2n) is 5.44. The van der Waals surface area contributed by atoms with Gasteiger partial charge in [0.25, 0.3) is 0 Å². The van der Waals surface area contributed by atoms with Crippen LogP contribution in [-0.4, -0.2) is 11.7 Å². The van der Waals surface area contributed by atoms with Crippen molar-refractivity contribution in [2.24, 2.45) is 0 Å². The van der Waals surface area contributed by atoms with Crippen LogP contribution < -0.4 is 5.32 Å². The molecule has 2 N–H and O–H groups in total. The van der Waals surface area contributed by atoms with E-state index < -0.39 is 23.5 Å². The lowest BCUT2D eigenvalue weighted by Gasteiger charge is -2.28. The SMILES string of the molecule is OCC(NC1CCCc2sccc21)c1cc(F)c(F)c(F)c1. The first-order valence-electron chi connectivity index (χ1n) is 7.17. The predicted molar refractivity (Wildman–Crippen MR) is 79.3 cm³/mol. The van der Waals surface area contributed by atoms with E-state index >= 15 is 0 Å². The fourth-order valence-corrected chi connectivity index (χ4v) is 3.92. The third-order valence-corrected chi connectivity index (χ3v) is 5.04. The summed E-state index contributed by atoms with van der Waals surface area (Å²) in [7, 11) is 0. The van der Waals surface area contributed by atoms with Crippen molar-refractivity contribution in [2.75, 3.05) is 6.61 Å². The lowest BCUT2D eigenvalue weighted by atomic mass is 9.92. The number of aryl methyl sites for hydroxylation is 1. The Kier molecular flexibility index (Phi) is 4.52. The summed E-state index contributed by atoms with van der Waals surface area (Å²) in [5.41, 5.74) is 1.39. The number of aliphatic hydroxyl groups excluding tert-OH is 1. The topological polar surface area (TPSA) is 32.3 Å². The molecule has 1 aromatic heterocycles. The fraction of sp³-hybridized carbons (Fsp3) is 0.375. The monoisotopic (exact) mass is 327 g/mol. The quantitative estimate of drug-likeness (QED) is 0.836. The number of benzene rings is 1. The molecule has 0 fully saturated rings. The molecule has 0 saturated carbocycles. The van der Waals surface area contributed by atoms with Crippen LogP contribution in [0.3, 0.4) is 0 Å². The van der Waals surface area contributed by atoms with Crippen LogP contribution >= 0.6 is 11.3 Å². The maximum Gasteiger partial charge on any atom is 0.194 e. The molecule has 22 heavy (non-hydrogen) atoms. The zero-order valence-electron chi connectivity index (χ0n) is 11.8. The van der Waals surface area contributed by atoms with Crippen molar-refractivity contribution >= 4 is 11.3 Å². The van der Waals surface area contributed by atoms with Gasteiger partial charge >= 0.3 is 0 Å². The fourth-order valence-electron chi connectivity index (χ4n) is 2.93. The average Bonchev–Trinajstić information content (AvgIpc) is 2.99. The Balaban J connectivity index is 1.85. The van der Waals surface area contributed by atoms with Gasteiger partial charge in [0.15, 0.2) is 17.5 Å². The van der Waals surface area contributed by atoms with Crippen molar-refractivity contribution in [3.05, 3.63) is 57.0 Å². The maximum absolute atomic E-state index is 13.4. The normalized spacial score (nSPS) is 19.0. The molecule has 0 radical (unpaired) electrons. The van der Waals surface area contributed by atoms with Crippen molar-refractivity contribution < 1.29 is 18.3 Å². The third kappa shape index (κ3) is 2.91. The van der Waals surface area contributed by atoms with Crippen molar-refractivity contribution in [2.45, 2.75) is 31.3 Å². The molecule has 0 amide bonds. The minimum absolute atomic E-state index is 0.0309. The van der Waals surface area contributed by atoms with Crippen LogP contribution in [0.15, 0.2) is 23.6 Å². The molecular formula is C16H16F3NOS. The lowest BCUT2D eigenvalue weighted by Crippen LogP contribution is -2.31. The molecule has 2 aromatic rings. The van der Waals surface area contributed by atoms with E-state index in [1.165, 1.54) is 10.4 Å². The summed E-state index contributed by atoms with van der Waals surface area (Å²) in [6.07, 6.45) is 2.95. The van der Waals surface area contributed by atoms with Gasteiger partial charge in [0.05, 0.1) is 12.6 Å². The summed E-state index contributed by atoms with van der Waals surface area (Å²) < 4.78 is 39.8. The Morgan fingerprint density at radius 3 is 2.68 bits per heavy atom. The van der Waals surface area contributed by atoms with Crippen molar-refractivity contribution in [3.63, 3.8) is 0 Å². The average molecular weight is 327 g/mol. The molecule has 1 aromatic carbocycles. The van der Waals surface area contributed by atoms with Gasteiger partial charge in [-0.25, -0.2) is 13.2 Å². The summed E-state index contributed by atoms with van der Waals surface area (Å²) >= 11 is 1.69. The molecule has 3 rings (SSSR count). The number of fused-ring (bicyclic) bond motifs is 1. The second-order valence-corrected chi connectivity index (χ2v) is 6.44. The first-order chi connectivity index (χ1) is 10.6. The van der Waals surface area contributed by atoms with Gasteiger partial charge in [-0.2, -0.15) is 0 Å². The molecule has 6 heteroatoms. The van der Waals surface area contributed by atoms with Crippen LogP contribution in [0.25, 0.3) is 0 Å².